The predicted octanol–water partition coefficient (Wildman–Crippen LogP) is 4.01. The summed E-state index contributed by atoms with van der Waals surface area (Å²) in [5.74, 6) is -2.88. The average Bonchev–Trinajstić information content (AvgIpc) is 3.26. The van der Waals surface area contributed by atoms with E-state index in [1.165, 1.54) is 75.4 Å². The van der Waals surface area contributed by atoms with Crippen LogP contribution in [0.2, 0.25) is 5.02 Å². The Balaban J connectivity index is 2.14. The second kappa shape index (κ2) is 13.0. The summed E-state index contributed by atoms with van der Waals surface area (Å²) in [5.41, 5.74) is -2.43. The minimum Gasteiger partial charge on any atom is -0.497 e. The molecule has 1 N–H and O–H groups in total. The molecule has 0 saturated heterocycles. The molecule has 0 spiro atoms. The van der Waals surface area contributed by atoms with Gasteiger partial charge in [-0.3, -0.25) is 14.5 Å². The van der Waals surface area contributed by atoms with Crippen LogP contribution in [0.1, 0.15) is 18.1 Å². The molecule has 1 aliphatic heterocycles. The van der Waals surface area contributed by atoms with Gasteiger partial charge in [0, 0.05) is 42.9 Å². The smallest absolute Gasteiger partial charge is 0.497 e. The number of para-hydroxylation sites is 1. The summed E-state index contributed by atoms with van der Waals surface area (Å²) in [5, 5.41) is 10.3. The zero-order valence-electron chi connectivity index (χ0n) is 25.3. The van der Waals surface area contributed by atoms with Gasteiger partial charge in [0.25, 0.3) is 15.9 Å². The number of nitrogens with zero attached hydrogens (tertiary/aromatic N) is 3. The molecular weight excluding hydrogens is 655 g/mol. The van der Waals surface area contributed by atoms with Crippen molar-refractivity contribution in [3.8, 4) is 17.2 Å². The average molecular weight is 686 g/mol. The Labute approximate surface area is 268 Å². The van der Waals surface area contributed by atoms with E-state index in [9.17, 15) is 31.5 Å². The van der Waals surface area contributed by atoms with Gasteiger partial charge in [0.1, 0.15) is 16.4 Å². The van der Waals surface area contributed by atoms with Crippen LogP contribution in [0.15, 0.2) is 65.6 Å². The molecule has 11 nitrogen and oxygen atoms in total. The molecule has 0 aliphatic carbocycles. The topological polar surface area (TPSA) is 126 Å². The van der Waals surface area contributed by atoms with Gasteiger partial charge in [0.2, 0.25) is 5.91 Å². The Morgan fingerprint density at radius 3 is 2.28 bits per heavy atom. The molecule has 4 rings (SSSR count). The minimum absolute atomic E-state index is 0.0308. The Kier molecular flexibility index (Phi) is 9.83. The van der Waals surface area contributed by atoms with Crippen molar-refractivity contribution in [3.05, 3.63) is 76.8 Å². The van der Waals surface area contributed by atoms with Gasteiger partial charge in [0.15, 0.2) is 11.3 Å². The van der Waals surface area contributed by atoms with Gasteiger partial charge in [-0.15, -0.1) is 13.2 Å². The van der Waals surface area contributed by atoms with Crippen LogP contribution in [-0.2, 0) is 25.2 Å². The molecule has 3 aromatic rings. The Morgan fingerprint density at radius 2 is 1.70 bits per heavy atom. The number of carbonyl (C=O) groups is 2. The summed E-state index contributed by atoms with van der Waals surface area (Å²) in [6, 6.07) is 11.5. The predicted molar refractivity (Wildman–Crippen MR) is 162 cm³/mol. The Bertz CT molecular complexity index is 1760. The number of anilines is 1. The van der Waals surface area contributed by atoms with E-state index in [2.05, 4.69) is 4.74 Å². The highest BCUT2D eigenvalue weighted by atomic mass is 35.5. The number of alkyl halides is 3. The van der Waals surface area contributed by atoms with Gasteiger partial charge in [-0.05, 0) is 43.3 Å². The maximum Gasteiger partial charge on any atom is 0.573 e. The van der Waals surface area contributed by atoms with Gasteiger partial charge in [-0.25, -0.2) is 12.7 Å². The summed E-state index contributed by atoms with van der Waals surface area (Å²) in [7, 11) is 0.234. The lowest BCUT2D eigenvalue weighted by molar-refractivity contribution is -0.275. The molecule has 2 amide bonds. The number of amides is 2. The van der Waals surface area contributed by atoms with Crippen molar-refractivity contribution in [2.45, 2.75) is 29.8 Å². The van der Waals surface area contributed by atoms with Crippen molar-refractivity contribution >= 4 is 39.1 Å². The zero-order valence-corrected chi connectivity index (χ0v) is 26.9. The lowest BCUT2D eigenvalue weighted by Gasteiger charge is -2.44. The van der Waals surface area contributed by atoms with E-state index >= 15 is 4.79 Å². The molecule has 3 aromatic carbocycles. The van der Waals surface area contributed by atoms with Gasteiger partial charge in [0.05, 0.1) is 32.6 Å². The lowest BCUT2D eigenvalue weighted by Crippen LogP contribution is -2.61. The van der Waals surface area contributed by atoms with E-state index in [1.807, 2.05) is 0 Å². The highest BCUT2D eigenvalue weighted by molar-refractivity contribution is 7.93. The third kappa shape index (κ3) is 5.95. The van der Waals surface area contributed by atoms with E-state index in [4.69, 9.17) is 21.1 Å². The molecule has 1 aliphatic rings. The van der Waals surface area contributed by atoms with Crippen LogP contribution in [0.25, 0.3) is 0 Å². The van der Waals surface area contributed by atoms with Crippen LogP contribution in [0.4, 0.5) is 18.9 Å². The number of aliphatic hydroxyl groups is 1. The summed E-state index contributed by atoms with van der Waals surface area (Å²) >= 11 is 6.43. The van der Waals surface area contributed by atoms with E-state index in [0.717, 1.165) is 18.2 Å². The summed E-state index contributed by atoms with van der Waals surface area (Å²) in [4.78, 5) is 30.1. The molecule has 2 atom stereocenters. The number of hydrogen-bond donors (Lipinski definition) is 1. The largest absolute Gasteiger partial charge is 0.573 e. The number of sulfonamides is 1. The monoisotopic (exact) mass is 685 g/mol. The van der Waals surface area contributed by atoms with Gasteiger partial charge in [-0.2, -0.15) is 0 Å². The number of likely N-dealkylation sites (N-methyl/N-ethyl adjacent to an activating group) is 1. The number of methoxy groups -OCH3 is 2. The van der Waals surface area contributed by atoms with Crippen LogP contribution in [-0.4, -0.2) is 89.0 Å². The van der Waals surface area contributed by atoms with Crippen LogP contribution in [0, 0.1) is 0 Å². The Morgan fingerprint density at radius 1 is 1.02 bits per heavy atom. The second-order valence-corrected chi connectivity index (χ2v) is 12.5. The van der Waals surface area contributed by atoms with E-state index in [0.29, 0.717) is 4.31 Å². The number of benzene rings is 3. The summed E-state index contributed by atoms with van der Waals surface area (Å²) in [6.45, 7) is 0.553. The van der Waals surface area contributed by atoms with Crippen LogP contribution >= 0.6 is 11.6 Å². The number of halogens is 4. The fourth-order valence-corrected chi connectivity index (χ4v) is 7.35. The molecule has 46 heavy (non-hydrogen) atoms. The first kappa shape index (κ1) is 34.8. The van der Waals surface area contributed by atoms with E-state index < -0.39 is 57.0 Å². The summed E-state index contributed by atoms with van der Waals surface area (Å²) in [6.07, 6.45) is -5.31. The minimum atomic E-state index is -5.31. The maximum atomic E-state index is 15.1. The standard InChI is InChI=1S/C30H31ClF3N3O8S/c1-18(27(39)35(2)3)36(14-15-38)29(21-8-6-7-9-24(21)44-5)22-16-19(31)10-12-23(22)37(28(29)40)46(41,42)26-13-11-20(43-4)17-25(26)45-30(32,33)34/h6-13,16-18,38H,14-15H2,1-5H3/t18-,29?/m0/s1. The lowest BCUT2D eigenvalue weighted by atomic mass is 9.80. The first-order valence-corrected chi connectivity index (χ1v) is 15.4. The number of rotatable bonds is 11. The molecule has 1 unspecified atom stereocenters. The number of aliphatic hydroxyl groups excluding tert-OH is 1. The zero-order chi connectivity index (χ0) is 34.2. The maximum absolute atomic E-state index is 15.1. The van der Waals surface area contributed by atoms with Crippen LogP contribution in [0.5, 0.6) is 17.2 Å². The van der Waals surface area contributed by atoms with E-state index in [1.54, 1.807) is 12.1 Å². The van der Waals surface area contributed by atoms with Crippen molar-refractivity contribution in [1.82, 2.24) is 9.80 Å². The SMILES string of the molecule is COc1ccc(S(=O)(=O)N2C(=O)C(c3ccccc3OC)(N(CCO)[C@@H](C)C(=O)N(C)C)c3cc(Cl)ccc32)c(OC(F)(F)F)c1. The first-order valence-electron chi connectivity index (χ1n) is 13.6. The molecule has 0 fully saturated rings. The molecule has 0 saturated carbocycles. The molecule has 0 aromatic heterocycles. The molecule has 1 heterocycles. The highest BCUT2D eigenvalue weighted by Gasteiger charge is 2.62. The molecular formula is C30H31ClF3N3O8S. The number of ether oxygens (including phenoxy) is 3. The molecule has 0 radical (unpaired) electrons. The fourth-order valence-electron chi connectivity index (χ4n) is 5.62. The van der Waals surface area contributed by atoms with Crippen molar-refractivity contribution in [2.75, 3.05) is 45.8 Å². The van der Waals surface area contributed by atoms with Crippen LogP contribution < -0.4 is 18.5 Å². The van der Waals surface area contributed by atoms with Crippen molar-refractivity contribution < 1.29 is 50.5 Å². The number of hydrogen-bond acceptors (Lipinski definition) is 9. The van der Waals surface area contributed by atoms with Gasteiger partial charge >= 0.3 is 6.36 Å². The van der Waals surface area contributed by atoms with Crippen molar-refractivity contribution in [1.29, 1.82) is 0 Å². The normalized spacial score (nSPS) is 17.1. The summed E-state index contributed by atoms with van der Waals surface area (Å²) < 4.78 is 84.5. The van der Waals surface area contributed by atoms with Crippen LogP contribution in [0.3, 0.4) is 0 Å². The van der Waals surface area contributed by atoms with Crippen molar-refractivity contribution in [2.24, 2.45) is 0 Å². The Hall–Kier alpha value is -4.05. The number of fused-ring (bicyclic) bond motifs is 1. The third-order valence-corrected chi connectivity index (χ3v) is 9.46. The molecule has 248 valence electrons. The van der Waals surface area contributed by atoms with Crippen molar-refractivity contribution in [3.63, 3.8) is 0 Å². The quantitative estimate of drug-likeness (QED) is 0.319. The fraction of sp³-hybridized carbons (Fsp3) is 0.333. The molecule has 0 bridgehead atoms. The first-order chi connectivity index (χ1) is 21.6. The van der Waals surface area contributed by atoms with Gasteiger partial charge < -0.3 is 24.2 Å². The van der Waals surface area contributed by atoms with E-state index in [-0.39, 0.29) is 39.9 Å². The second-order valence-electron chi connectivity index (χ2n) is 10.3. The third-order valence-electron chi connectivity index (χ3n) is 7.49. The number of carbonyl (C=O) groups excluding carboxylic acids is 2. The van der Waals surface area contributed by atoms with Gasteiger partial charge in [-0.1, -0.05) is 29.8 Å². The highest BCUT2D eigenvalue weighted by Crippen LogP contribution is 2.54. The molecule has 16 heteroatoms.